The third-order valence-electron chi connectivity index (χ3n) is 1.39. The Labute approximate surface area is 53.6 Å². The summed E-state index contributed by atoms with van der Waals surface area (Å²) in [5.74, 6) is -0.465. The first-order valence-corrected chi connectivity index (χ1v) is 3.15. The Balaban J connectivity index is 2.41. The van der Waals surface area contributed by atoms with Gasteiger partial charge in [-0.25, -0.2) is 4.79 Å². The van der Waals surface area contributed by atoms with Crippen LogP contribution in [0.1, 0.15) is 19.3 Å². The van der Waals surface area contributed by atoms with Crippen LogP contribution in [0.4, 0.5) is 0 Å². The molecule has 0 radical (unpaired) electrons. The summed E-state index contributed by atoms with van der Waals surface area (Å²) in [5.41, 5.74) is 0. The summed E-state index contributed by atoms with van der Waals surface area (Å²) in [6.07, 6.45) is 1.45. The van der Waals surface area contributed by atoms with Crippen LogP contribution in [0, 0.1) is 0 Å². The van der Waals surface area contributed by atoms with Gasteiger partial charge in [0.05, 0.1) is 6.61 Å². The van der Waals surface area contributed by atoms with Gasteiger partial charge >= 0.3 is 5.97 Å². The SMILES string of the molecule is O=C1OCCCC[C@H]1O. The molecule has 9 heavy (non-hydrogen) atoms. The largest absolute Gasteiger partial charge is 0.464 e. The second kappa shape index (κ2) is 2.82. The molecule has 0 aromatic heterocycles. The molecule has 1 rings (SSSR count). The fourth-order valence-electron chi connectivity index (χ4n) is 0.827. The van der Waals surface area contributed by atoms with Crippen molar-refractivity contribution in [2.24, 2.45) is 0 Å². The molecule has 1 atom stereocenters. The molecule has 0 aromatic rings. The van der Waals surface area contributed by atoms with Crippen molar-refractivity contribution in [3.8, 4) is 0 Å². The molecule has 1 aliphatic heterocycles. The fraction of sp³-hybridized carbons (Fsp3) is 0.833. The summed E-state index contributed by atoms with van der Waals surface area (Å²) in [5, 5.41) is 8.88. The van der Waals surface area contributed by atoms with Crippen molar-refractivity contribution in [2.75, 3.05) is 6.61 Å². The van der Waals surface area contributed by atoms with Gasteiger partial charge in [0.15, 0.2) is 6.10 Å². The number of carbonyl (C=O) groups is 1. The summed E-state index contributed by atoms with van der Waals surface area (Å²) >= 11 is 0. The first kappa shape index (κ1) is 6.55. The van der Waals surface area contributed by atoms with E-state index in [0.717, 1.165) is 12.8 Å². The molecule has 1 N–H and O–H groups in total. The van der Waals surface area contributed by atoms with Crippen LogP contribution < -0.4 is 0 Å². The fourth-order valence-corrected chi connectivity index (χ4v) is 0.827. The number of aliphatic hydroxyl groups excluding tert-OH is 1. The van der Waals surface area contributed by atoms with E-state index >= 15 is 0 Å². The normalized spacial score (nSPS) is 29.0. The van der Waals surface area contributed by atoms with Gasteiger partial charge in [-0.3, -0.25) is 0 Å². The van der Waals surface area contributed by atoms with Gasteiger partial charge in [-0.05, 0) is 19.3 Å². The molecule has 0 aromatic carbocycles. The lowest BCUT2D eigenvalue weighted by atomic mass is 10.2. The van der Waals surface area contributed by atoms with Gasteiger partial charge in [-0.15, -0.1) is 0 Å². The predicted molar refractivity (Wildman–Crippen MR) is 30.8 cm³/mol. The first-order chi connectivity index (χ1) is 4.30. The van der Waals surface area contributed by atoms with Crippen molar-refractivity contribution in [3.63, 3.8) is 0 Å². The smallest absolute Gasteiger partial charge is 0.334 e. The Morgan fingerprint density at radius 2 is 2.33 bits per heavy atom. The van der Waals surface area contributed by atoms with Crippen molar-refractivity contribution in [2.45, 2.75) is 25.4 Å². The van der Waals surface area contributed by atoms with Gasteiger partial charge in [0.1, 0.15) is 0 Å². The quantitative estimate of drug-likeness (QED) is 0.472. The van der Waals surface area contributed by atoms with Crippen molar-refractivity contribution < 1.29 is 14.6 Å². The molecule has 0 amide bonds. The molecule has 0 unspecified atom stereocenters. The summed E-state index contributed by atoms with van der Waals surface area (Å²) in [7, 11) is 0. The molecular weight excluding hydrogens is 120 g/mol. The van der Waals surface area contributed by atoms with E-state index in [2.05, 4.69) is 4.74 Å². The van der Waals surface area contributed by atoms with Gasteiger partial charge in [-0.2, -0.15) is 0 Å². The highest BCUT2D eigenvalue weighted by molar-refractivity contribution is 5.74. The monoisotopic (exact) mass is 130 g/mol. The maximum absolute atomic E-state index is 10.5. The number of rotatable bonds is 0. The third kappa shape index (κ3) is 1.68. The molecule has 0 bridgehead atoms. The lowest BCUT2D eigenvalue weighted by Gasteiger charge is -2.01. The summed E-state index contributed by atoms with van der Waals surface area (Å²) in [4.78, 5) is 10.5. The molecule has 1 aliphatic rings. The van der Waals surface area contributed by atoms with Gasteiger partial charge < -0.3 is 9.84 Å². The first-order valence-electron chi connectivity index (χ1n) is 3.15. The second-order valence-electron chi connectivity index (χ2n) is 2.18. The highest BCUT2D eigenvalue weighted by atomic mass is 16.5. The molecule has 0 saturated carbocycles. The number of carbonyl (C=O) groups excluding carboxylic acids is 1. The number of hydrogen-bond donors (Lipinski definition) is 1. The molecular formula is C6H10O3. The van der Waals surface area contributed by atoms with E-state index in [1.54, 1.807) is 0 Å². The van der Waals surface area contributed by atoms with E-state index in [-0.39, 0.29) is 0 Å². The average Bonchev–Trinajstić information content (AvgIpc) is 1.99. The predicted octanol–water partition coefficient (Wildman–Crippen LogP) is 0.0744. The van der Waals surface area contributed by atoms with Gasteiger partial charge in [0.2, 0.25) is 0 Å². The van der Waals surface area contributed by atoms with Crippen molar-refractivity contribution in [1.29, 1.82) is 0 Å². The standard InChI is InChI=1S/C6H10O3/c7-5-3-1-2-4-9-6(5)8/h5,7H,1-4H2/t5-/m1/s1. The van der Waals surface area contributed by atoms with Crippen LogP contribution in [0.5, 0.6) is 0 Å². The lowest BCUT2D eigenvalue weighted by molar-refractivity contribution is -0.152. The maximum Gasteiger partial charge on any atom is 0.334 e. The van der Waals surface area contributed by atoms with Crippen molar-refractivity contribution in [3.05, 3.63) is 0 Å². The Morgan fingerprint density at radius 1 is 1.56 bits per heavy atom. The number of hydrogen-bond acceptors (Lipinski definition) is 3. The molecule has 0 spiro atoms. The Hall–Kier alpha value is -0.570. The minimum atomic E-state index is -0.868. The van der Waals surface area contributed by atoms with Crippen LogP contribution in [0.25, 0.3) is 0 Å². The summed E-state index contributed by atoms with van der Waals surface area (Å²) < 4.78 is 4.63. The molecule has 3 heteroatoms. The van der Waals surface area contributed by atoms with Crippen LogP contribution in [0.15, 0.2) is 0 Å². The van der Waals surface area contributed by atoms with E-state index in [0.29, 0.717) is 13.0 Å². The molecule has 1 fully saturated rings. The minimum absolute atomic E-state index is 0.465. The zero-order valence-corrected chi connectivity index (χ0v) is 5.17. The number of esters is 1. The van der Waals surface area contributed by atoms with E-state index in [1.807, 2.05) is 0 Å². The highest BCUT2D eigenvalue weighted by Gasteiger charge is 2.18. The third-order valence-corrected chi connectivity index (χ3v) is 1.39. The minimum Gasteiger partial charge on any atom is -0.464 e. The number of cyclic esters (lactones) is 1. The molecule has 52 valence electrons. The number of aliphatic hydroxyl groups is 1. The van der Waals surface area contributed by atoms with Crippen LogP contribution in [-0.2, 0) is 9.53 Å². The summed E-state index contributed by atoms with van der Waals surface area (Å²) in [6, 6.07) is 0. The zero-order valence-electron chi connectivity index (χ0n) is 5.17. The zero-order chi connectivity index (χ0) is 6.69. The van der Waals surface area contributed by atoms with Gasteiger partial charge in [0, 0.05) is 0 Å². The van der Waals surface area contributed by atoms with Gasteiger partial charge in [-0.1, -0.05) is 0 Å². The average molecular weight is 130 g/mol. The topological polar surface area (TPSA) is 46.5 Å². The highest BCUT2D eigenvalue weighted by Crippen LogP contribution is 2.07. The maximum atomic E-state index is 10.5. The van der Waals surface area contributed by atoms with E-state index < -0.39 is 12.1 Å². The van der Waals surface area contributed by atoms with Crippen LogP contribution in [0.2, 0.25) is 0 Å². The molecule has 1 heterocycles. The molecule has 3 nitrogen and oxygen atoms in total. The van der Waals surface area contributed by atoms with E-state index in [9.17, 15) is 4.79 Å². The second-order valence-corrected chi connectivity index (χ2v) is 2.18. The van der Waals surface area contributed by atoms with Crippen LogP contribution in [-0.4, -0.2) is 23.8 Å². The van der Waals surface area contributed by atoms with Crippen LogP contribution in [0.3, 0.4) is 0 Å². The van der Waals surface area contributed by atoms with Crippen molar-refractivity contribution in [1.82, 2.24) is 0 Å². The van der Waals surface area contributed by atoms with Crippen LogP contribution >= 0.6 is 0 Å². The summed E-state index contributed by atoms with van der Waals surface area (Å²) in [6.45, 7) is 0.468. The Morgan fingerprint density at radius 3 is 3.11 bits per heavy atom. The molecule has 0 aliphatic carbocycles. The van der Waals surface area contributed by atoms with Gasteiger partial charge in [0.25, 0.3) is 0 Å². The molecule has 1 saturated heterocycles. The van der Waals surface area contributed by atoms with E-state index in [1.165, 1.54) is 0 Å². The lowest BCUT2D eigenvalue weighted by Crippen LogP contribution is -2.20. The number of ether oxygens (including phenoxy) is 1. The van der Waals surface area contributed by atoms with E-state index in [4.69, 9.17) is 5.11 Å². The Kier molecular flexibility index (Phi) is 2.05. The Bertz CT molecular complexity index is 111. The van der Waals surface area contributed by atoms with Crippen molar-refractivity contribution >= 4 is 5.97 Å².